The van der Waals surface area contributed by atoms with Crippen molar-refractivity contribution in [3.8, 4) is 0 Å². The number of nitrogen functional groups attached to an aromatic ring is 1. The molecule has 1 atom stereocenters. The van der Waals surface area contributed by atoms with E-state index in [4.69, 9.17) is 10.5 Å². The largest absolute Gasteiger partial charge is 0.462 e. The predicted molar refractivity (Wildman–Crippen MR) is 66.2 cm³/mol. The number of ether oxygens (including phenoxy) is 1. The zero-order valence-corrected chi connectivity index (χ0v) is 11.2. The van der Waals surface area contributed by atoms with E-state index in [1.807, 2.05) is 0 Å². The molecule has 0 saturated heterocycles. The molecular weight excluding hydrogens is 283 g/mol. The number of nitrogens with zero attached hydrogens (tertiary/aromatic N) is 1. The van der Waals surface area contributed by atoms with Gasteiger partial charge in [-0.15, -0.1) is 0 Å². The smallest absolute Gasteiger partial charge is 0.391 e. The van der Waals surface area contributed by atoms with Crippen LogP contribution in [0.15, 0.2) is 0 Å². The summed E-state index contributed by atoms with van der Waals surface area (Å²) in [5, 5.41) is 2.77. The van der Waals surface area contributed by atoms with Gasteiger partial charge in [-0.05, 0) is 25.4 Å². The third kappa shape index (κ3) is 4.58. The lowest BCUT2D eigenvalue weighted by Gasteiger charge is -2.16. The van der Waals surface area contributed by atoms with Crippen LogP contribution < -0.4 is 11.1 Å². The Bertz CT molecular complexity index is 448. The Morgan fingerprint density at radius 3 is 2.74 bits per heavy atom. The summed E-state index contributed by atoms with van der Waals surface area (Å²) in [6.07, 6.45) is -5.31. The van der Waals surface area contributed by atoms with Crippen LogP contribution in [0.4, 0.5) is 24.0 Å². The summed E-state index contributed by atoms with van der Waals surface area (Å²) < 4.78 is 45.2. The molecule has 1 aromatic heterocycles. The molecule has 5 nitrogen and oxygen atoms in total. The van der Waals surface area contributed by atoms with Crippen molar-refractivity contribution < 1.29 is 22.7 Å². The Labute approximate surface area is 112 Å². The average Bonchev–Trinajstić information content (AvgIpc) is 2.57. The van der Waals surface area contributed by atoms with Crippen LogP contribution in [0.1, 0.15) is 30.6 Å². The molecule has 1 unspecified atom stereocenters. The molecule has 0 amide bonds. The molecule has 3 N–H and O–H groups in total. The molecule has 0 aromatic carbocycles. The minimum absolute atomic E-state index is 0.0131. The van der Waals surface area contributed by atoms with Gasteiger partial charge in [0.15, 0.2) is 5.82 Å². The number of halogens is 3. The molecule has 0 aliphatic carbocycles. The second-order valence-electron chi connectivity index (χ2n) is 3.86. The lowest BCUT2D eigenvalue weighted by molar-refractivity contribution is -0.136. The monoisotopic (exact) mass is 297 g/mol. The summed E-state index contributed by atoms with van der Waals surface area (Å²) in [6.45, 7) is 3.12. The van der Waals surface area contributed by atoms with Crippen molar-refractivity contribution in [2.75, 3.05) is 17.7 Å². The number of carbonyl (C=O) groups excluding carboxylic acids is 1. The van der Waals surface area contributed by atoms with Gasteiger partial charge in [-0.25, -0.2) is 4.79 Å². The number of nitrogens with two attached hydrogens (primary N) is 1. The Balaban J connectivity index is 2.82. The van der Waals surface area contributed by atoms with E-state index in [0.29, 0.717) is 0 Å². The molecule has 0 aliphatic heterocycles. The SMILES string of the molecule is CCOC(=O)c1c(N)nsc1NC(C)CC(F)(F)F. The van der Waals surface area contributed by atoms with E-state index >= 15 is 0 Å². The third-order valence-electron chi connectivity index (χ3n) is 2.11. The van der Waals surface area contributed by atoms with Crippen molar-refractivity contribution >= 4 is 28.3 Å². The van der Waals surface area contributed by atoms with Crippen LogP contribution in [-0.4, -0.2) is 29.2 Å². The van der Waals surface area contributed by atoms with Crippen molar-refractivity contribution in [1.82, 2.24) is 4.37 Å². The van der Waals surface area contributed by atoms with Gasteiger partial charge in [0.25, 0.3) is 0 Å². The number of rotatable bonds is 5. The van der Waals surface area contributed by atoms with Gasteiger partial charge in [0, 0.05) is 6.04 Å². The molecule has 0 aliphatic rings. The van der Waals surface area contributed by atoms with Crippen LogP contribution in [0.2, 0.25) is 0 Å². The van der Waals surface area contributed by atoms with E-state index < -0.39 is 24.6 Å². The number of hydrogen-bond acceptors (Lipinski definition) is 6. The highest BCUT2D eigenvalue weighted by Gasteiger charge is 2.31. The van der Waals surface area contributed by atoms with Crippen molar-refractivity contribution in [3.63, 3.8) is 0 Å². The van der Waals surface area contributed by atoms with E-state index in [0.717, 1.165) is 11.5 Å². The van der Waals surface area contributed by atoms with Crippen molar-refractivity contribution in [1.29, 1.82) is 0 Å². The highest BCUT2D eigenvalue weighted by Crippen LogP contribution is 2.30. The third-order valence-corrected chi connectivity index (χ3v) is 2.91. The minimum atomic E-state index is -4.28. The summed E-state index contributed by atoms with van der Waals surface area (Å²) in [5.41, 5.74) is 5.50. The molecule has 0 spiro atoms. The number of alkyl halides is 3. The van der Waals surface area contributed by atoms with E-state index in [-0.39, 0.29) is 23.0 Å². The molecule has 19 heavy (non-hydrogen) atoms. The molecule has 9 heteroatoms. The van der Waals surface area contributed by atoms with Gasteiger partial charge >= 0.3 is 12.1 Å². The lowest BCUT2D eigenvalue weighted by atomic mass is 10.2. The number of esters is 1. The number of hydrogen-bond donors (Lipinski definition) is 2. The van der Waals surface area contributed by atoms with Gasteiger partial charge in [-0.2, -0.15) is 17.5 Å². The highest BCUT2D eigenvalue weighted by atomic mass is 32.1. The fraction of sp³-hybridized carbons (Fsp3) is 0.600. The molecule has 1 aromatic rings. The highest BCUT2D eigenvalue weighted by molar-refractivity contribution is 7.11. The van der Waals surface area contributed by atoms with E-state index in [2.05, 4.69) is 9.69 Å². The first kappa shape index (κ1) is 15.5. The first-order valence-electron chi connectivity index (χ1n) is 5.50. The molecule has 0 bridgehead atoms. The zero-order chi connectivity index (χ0) is 14.6. The minimum Gasteiger partial charge on any atom is -0.462 e. The zero-order valence-electron chi connectivity index (χ0n) is 10.4. The summed E-state index contributed by atoms with van der Waals surface area (Å²) in [4.78, 5) is 11.6. The van der Waals surface area contributed by atoms with Crippen molar-refractivity contribution in [3.05, 3.63) is 5.56 Å². The maximum Gasteiger partial charge on any atom is 0.391 e. The van der Waals surface area contributed by atoms with Gasteiger partial charge in [0.2, 0.25) is 0 Å². The van der Waals surface area contributed by atoms with Crippen molar-refractivity contribution in [2.24, 2.45) is 0 Å². The van der Waals surface area contributed by atoms with Crippen LogP contribution in [0.25, 0.3) is 0 Å². The van der Waals surface area contributed by atoms with Gasteiger partial charge in [-0.1, -0.05) is 0 Å². The number of carbonyl (C=O) groups is 1. The molecule has 0 saturated carbocycles. The summed E-state index contributed by atoms with van der Waals surface area (Å²) in [6, 6.07) is -0.895. The van der Waals surface area contributed by atoms with Crippen LogP contribution in [0, 0.1) is 0 Å². The number of nitrogens with one attached hydrogen (secondary N) is 1. The molecule has 0 radical (unpaired) electrons. The molecule has 1 rings (SSSR count). The standard InChI is InChI=1S/C10H14F3N3O2S/c1-3-18-9(17)6-7(14)16-19-8(6)15-5(2)4-10(11,12)13/h5,15H,3-4H2,1-2H3,(H2,14,16). The Morgan fingerprint density at radius 2 is 2.21 bits per heavy atom. The van der Waals surface area contributed by atoms with Crippen LogP contribution in [0.3, 0.4) is 0 Å². The molecule has 0 fully saturated rings. The summed E-state index contributed by atoms with van der Waals surface area (Å²) >= 11 is 0.830. The van der Waals surface area contributed by atoms with Gasteiger partial charge in [0.05, 0.1) is 13.0 Å². The summed E-state index contributed by atoms with van der Waals surface area (Å²) in [7, 11) is 0. The topological polar surface area (TPSA) is 77.2 Å². The predicted octanol–water partition coefficient (Wildman–Crippen LogP) is 2.65. The number of anilines is 2. The fourth-order valence-corrected chi connectivity index (χ4v) is 2.24. The van der Waals surface area contributed by atoms with E-state index in [1.54, 1.807) is 6.92 Å². The molecule has 1 heterocycles. The first-order valence-corrected chi connectivity index (χ1v) is 6.27. The maximum atomic E-state index is 12.2. The first-order chi connectivity index (χ1) is 8.74. The maximum absolute atomic E-state index is 12.2. The summed E-state index contributed by atoms with van der Waals surface area (Å²) in [5.74, 6) is -0.749. The lowest BCUT2D eigenvalue weighted by Crippen LogP contribution is -2.24. The Morgan fingerprint density at radius 1 is 1.58 bits per heavy atom. The van der Waals surface area contributed by atoms with Crippen molar-refractivity contribution in [2.45, 2.75) is 32.5 Å². The van der Waals surface area contributed by atoms with E-state index in [9.17, 15) is 18.0 Å². The molecule has 108 valence electrons. The van der Waals surface area contributed by atoms with Crippen LogP contribution in [-0.2, 0) is 4.74 Å². The van der Waals surface area contributed by atoms with Gasteiger partial charge < -0.3 is 15.8 Å². The van der Waals surface area contributed by atoms with Gasteiger partial charge in [-0.3, -0.25) is 0 Å². The normalized spacial score (nSPS) is 13.1. The Hall–Kier alpha value is -1.51. The second-order valence-corrected chi connectivity index (χ2v) is 4.63. The fourth-order valence-electron chi connectivity index (χ4n) is 1.42. The van der Waals surface area contributed by atoms with Crippen LogP contribution >= 0.6 is 11.5 Å². The molecular formula is C10H14F3N3O2S. The van der Waals surface area contributed by atoms with Crippen LogP contribution in [0.5, 0.6) is 0 Å². The van der Waals surface area contributed by atoms with Gasteiger partial charge in [0.1, 0.15) is 10.6 Å². The Kier molecular flexibility index (Phi) is 4.98. The average molecular weight is 297 g/mol. The number of aromatic nitrogens is 1. The second kappa shape index (κ2) is 6.09. The van der Waals surface area contributed by atoms with E-state index in [1.165, 1.54) is 6.92 Å². The quantitative estimate of drug-likeness (QED) is 0.817.